The van der Waals surface area contributed by atoms with Crippen molar-refractivity contribution in [2.24, 2.45) is 5.92 Å². The summed E-state index contributed by atoms with van der Waals surface area (Å²) >= 11 is 0. The first kappa shape index (κ1) is 21.4. The van der Waals surface area contributed by atoms with E-state index in [9.17, 15) is 5.11 Å². The molecule has 168 valence electrons. The Morgan fingerprint density at radius 1 is 0.903 bits per heavy atom. The van der Waals surface area contributed by atoms with E-state index in [1.807, 2.05) is 26.0 Å². The number of rotatable bonds is 4. The highest BCUT2D eigenvalue weighted by Crippen LogP contribution is 2.58. The average Bonchev–Trinajstić information content (AvgIpc) is 3.23. The maximum atomic E-state index is 11.6. The van der Waals surface area contributed by atoms with Crippen LogP contribution in [0.3, 0.4) is 0 Å². The third-order valence-electron chi connectivity index (χ3n) is 6.88. The molecule has 2 aliphatic rings. The molecular weight excluding hydrogens is 400 g/mol. The van der Waals surface area contributed by atoms with Crippen LogP contribution in [0.1, 0.15) is 37.8 Å². The molecule has 0 bridgehead atoms. The zero-order valence-electron chi connectivity index (χ0n) is 19.1. The van der Waals surface area contributed by atoms with E-state index in [2.05, 4.69) is 6.92 Å². The Kier molecular flexibility index (Phi) is 5.33. The Morgan fingerprint density at radius 3 is 2.19 bits per heavy atom. The standard InChI is InChI=1S/C24H30O7/c1-12-8-14-9-17-21(31-11-30-17)22(28-6)18(14)19-15(13(2)24(12,3)25)10-16(26-4)20(27-5)23(19)29-7/h9-10,12-13,25H,8,11H2,1-7H3/t12-,13+,24-/m0/s1. The third-order valence-corrected chi connectivity index (χ3v) is 6.88. The van der Waals surface area contributed by atoms with Crippen molar-refractivity contribution in [1.82, 2.24) is 0 Å². The van der Waals surface area contributed by atoms with Crippen LogP contribution in [0.25, 0.3) is 11.1 Å². The molecule has 0 aromatic heterocycles. The van der Waals surface area contributed by atoms with E-state index in [1.54, 1.807) is 28.4 Å². The summed E-state index contributed by atoms with van der Waals surface area (Å²) in [4.78, 5) is 0. The van der Waals surface area contributed by atoms with E-state index in [0.717, 1.165) is 22.3 Å². The molecule has 1 heterocycles. The zero-order valence-corrected chi connectivity index (χ0v) is 19.1. The Bertz CT molecular complexity index is 1010. The van der Waals surface area contributed by atoms with Gasteiger partial charge in [0.1, 0.15) is 0 Å². The Balaban J connectivity index is 2.19. The molecule has 0 spiro atoms. The van der Waals surface area contributed by atoms with E-state index >= 15 is 0 Å². The molecule has 2 aromatic rings. The number of hydrogen-bond acceptors (Lipinski definition) is 7. The molecule has 7 nitrogen and oxygen atoms in total. The van der Waals surface area contributed by atoms with Crippen molar-refractivity contribution >= 4 is 0 Å². The highest BCUT2D eigenvalue weighted by molar-refractivity contribution is 5.89. The second-order valence-electron chi connectivity index (χ2n) is 8.34. The summed E-state index contributed by atoms with van der Waals surface area (Å²) in [6.07, 6.45) is 0.622. The summed E-state index contributed by atoms with van der Waals surface area (Å²) in [7, 11) is 6.38. The van der Waals surface area contributed by atoms with Crippen molar-refractivity contribution in [3.8, 4) is 45.6 Å². The lowest BCUT2D eigenvalue weighted by Gasteiger charge is -2.40. The van der Waals surface area contributed by atoms with Gasteiger partial charge in [-0.2, -0.15) is 0 Å². The van der Waals surface area contributed by atoms with Gasteiger partial charge >= 0.3 is 0 Å². The largest absolute Gasteiger partial charge is 0.493 e. The average molecular weight is 430 g/mol. The van der Waals surface area contributed by atoms with Gasteiger partial charge in [0, 0.05) is 17.0 Å². The topological polar surface area (TPSA) is 75.6 Å². The smallest absolute Gasteiger partial charge is 0.231 e. The van der Waals surface area contributed by atoms with Crippen LogP contribution >= 0.6 is 0 Å². The van der Waals surface area contributed by atoms with E-state index in [-0.39, 0.29) is 18.6 Å². The molecule has 0 fully saturated rings. The van der Waals surface area contributed by atoms with Crippen LogP contribution in [0.5, 0.6) is 34.5 Å². The maximum absolute atomic E-state index is 11.6. The number of methoxy groups -OCH3 is 4. The van der Waals surface area contributed by atoms with Crippen molar-refractivity contribution in [2.45, 2.75) is 38.7 Å². The number of aliphatic hydroxyl groups is 1. The zero-order chi connectivity index (χ0) is 22.5. The van der Waals surface area contributed by atoms with Crippen LogP contribution < -0.4 is 28.4 Å². The van der Waals surface area contributed by atoms with Crippen molar-refractivity contribution in [1.29, 1.82) is 0 Å². The van der Waals surface area contributed by atoms with Gasteiger partial charge in [-0.3, -0.25) is 0 Å². The van der Waals surface area contributed by atoms with Gasteiger partial charge in [0.25, 0.3) is 0 Å². The van der Waals surface area contributed by atoms with Crippen molar-refractivity contribution in [3.63, 3.8) is 0 Å². The minimum Gasteiger partial charge on any atom is -0.493 e. The highest BCUT2D eigenvalue weighted by Gasteiger charge is 2.42. The highest BCUT2D eigenvalue weighted by atomic mass is 16.7. The lowest BCUT2D eigenvalue weighted by Crippen LogP contribution is -2.40. The van der Waals surface area contributed by atoms with E-state index in [4.69, 9.17) is 28.4 Å². The molecular formula is C24H30O7. The molecule has 3 atom stereocenters. The van der Waals surface area contributed by atoms with Gasteiger partial charge < -0.3 is 33.5 Å². The Labute approximate surface area is 182 Å². The minimum atomic E-state index is -0.985. The van der Waals surface area contributed by atoms with Gasteiger partial charge in [-0.1, -0.05) is 13.8 Å². The summed E-state index contributed by atoms with van der Waals surface area (Å²) in [6.45, 7) is 6.09. The number of benzene rings is 2. The van der Waals surface area contributed by atoms with Crippen LogP contribution in [0.2, 0.25) is 0 Å². The van der Waals surface area contributed by atoms with Crippen LogP contribution in [-0.4, -0.2) is 45.9 Å². The van der Waals surface area contributed by atoms with Gasteiger partial charge in [-0.25, -0.2) is 0 Å². The van der Waals surface area contributed by atoms with Crippen LogP contribution in [-0.2, 0) is 6.42 Å². The fourth-order valence-electron chi connectivity index (χ4n) is 4.75. The summed E-state index contributed by atoms with van der Waals surface area (Å²) in [5.41, 5.74) is 2.52. The summed E-state index contributed by atoms with van der Waals surface area (Å²) in [5, 5.41) is 11.6. The molecule has 0 unspecified atom stereocenters. The second-order valence-corrected chi connectivity index (χ2v) is 8.34. The van der Waals surface area contributed by atoms with Gasteiger partial charge in [-0.15, -0.1) is 0 Å². The van der Waals surface area contributed by atoms with E-state index < -0.39 is 5.60 Å². The lowest BCUT2D eigenvalue weighted by molar-refractivity contribution is -0.0154. The van der Waals surface area contributed by atoms with Gasteiger partial charge in [0.2, 0.25) is 18.3 Å². The fourth-order valence-corrected chi connectivity index (χ4v) is 4.75. The van der Waals surface area contributed by atoms with Gasteiger partial charge in [0.05, 0.1) is 34.0 Å². The SMILES string of the molecule is COc1cc2c(c(OC)c1OC)-c1c(cc3c(c1OC)OCO3)C[C@H](C)[C@](C)(O)[C@@H]2C. The van der Waals surface area contributed by atoms with E-state index in [1.165, 1.54) is 0 Å². The summed E-state index contributed by atoms with van der Waals surface area (Å²) in [6, 6.07) is 3.89. The Morgan fingerprint density at radius 2 is 1.58 bits per heavy atom. The predicted octanol–water partition coefficient (Wildman–Crippen LogP) is 4.16. The molecule has 1 N–H and O–H groups in total. The normalized spacial score (nSPS) is 23.9. The molecule has 31 heavy (non-hydrogen) atoms. The van der Waals surface area contributed by atoms with Crippen LogP contribution in [0.15, 0.2) is 12.1 Å². The quantitative estimate of drug-likeness (QED) is 0.780. The molecule has 0 amide bonds. The third kappa shape index (κ3) is 3.05. The fraction of sp³-hybridized carbons (Fsp3) is 0.500. The molecule has 1 aliphatic carbocycles. The van der Waals surface area contributed by atoms with Gasteiger partial charge in [-0.05, 0) is 42.5 Å². The predicted molar refractivity (Wildman–Crippen MR) is 116 cm³/mol. The van der Waals surface area contributed by atoms with Crippen LogP contribution in [0.4, 0.5) is 0 Å². The van der Waals surface area contributed by atoms with Crippen LogP contribution in [0, 0.1) is 5.92 Å². The number of hydrogen-bond donors (Lipinski definition) is 1. The second kappa shape index (κ2) is 7.71. The number of fused-ring (bicyclic) bond motifs is 4. The molecule has 7 heteroatoms. The first-order chi connectivity index (χ1) is 14.8. The van der Waals surface area contributed by atoms with E-state index in [0.29, 0.717) is 40.9 Å². The van der Waals surface area contributed by atoms with Crippen molar-refractivity contribution in [3.05, 3.63) is 23.3 Å². The molecule has 0 saturated heterocycles. The summed E-state index contributed by atoms with van der Waals surface area (Å²) < 4.78 is 34.5. The molecule has 0 radical (unpaired) electrons. The number of ether oxygens (including phenoxy) is 6. The monoisotopic (exact) mass is 430 g/mol. The lowest BCUT2D eigenvalue weighted by atomic mass is 9.69. The Hall–Kier alpha value is -2.80. The molecule has 0 saturated carbocycles. The summed E-state index contributed by atoms with van der Waals surface area (Å²) in [5.74, 6) is 3.05. The van der Waals surface area contributed by atoms with Crippen molar-refractivity contribution in [2.75, 3.05) is 35.2 Å². The minimum absolute atomic E-state index is 0.0430. The molecule has 1 aliphatic heterocycles. The van der Waals surface area contributed by atoms with Gasteiger partial charge in [0.15, 0.2) is 23.0 Å². The first-order valence-electron chi connectivity index (χ1n) is 10.3. The first-order valence-corrected chi connectivity index (χ1v) is 10.3. The maximum Gasteiger partial charge on any atom is 0.231 e. The molecule has 2 aromatic carbocycles. The molecule has 4 rings (SSSR count). The van der Waals surface area contributed by atoms with Crippen molar-refractivity contribution < 1.29 is 33.5 Å².